The largest absolute Gasteiger partial charge is 0.476 e. The summed E-state index contributed by atoms with van der Waals surface area (Å²) >= 11 is 0. The molecule has 1 aliphatic rings. The third kappa shape index (κ3) is 4.25. The first-order valence-electron chi connectivity index (χ1n) is 6.70. The number of aromatic nitrogens is 1. The normalized spacial score (nSPS) is 17.2. The Hall–Kier alpha value is -1.00. The number of halogens is 1. The number of hydrogen-bond acceptors (Lipinski definition) is 4. The molecule has 0 saturated heterocycles. The zero-order valence-electron chi connectivity index (χ0n) is 11.8. The molecular formula is C14H23ClN2O2. The van der Waals surface area contributed by atoms with E-state index in [2.05, 4.69) is 31.1 Å². The maximum absolute atomic E-state index is 5.86. The Balaban J connectivity index is 0.00000180. The highest BCUT2D eigenvalue weighted by Crippen LogP contribution is 2.23. The molecule has 1 aliphatic heterocycles. The molecule has 2 heterocycles. The zero-order chi connectivity index (χ0) is 13.0. The number of nitrogens with one attached hydrogen (secondary N) is 1. The molecule has 0 aliphatic carbocycles. The average Bonchev–Trinajstić information content (AvgIpc) is 2.62. The van der Waals surface area contributed by atoms with Gasteiger partial charge in [-0.2, -0.15) is 4.98 Å². The molecule has 108 valence electrons. The Morgan fingerprint density at radius 1 is 1.42 bits per heavy atom. The van der Waals surface area contributed by atoms with Crippen LogP contribution in [0.3, 0.4) is 0 Å². The van der Waals surface area contributed by atoms with Gasteiger partial charge in [-0.3, -0.25) is 0 Å². The van der Waals surface area contributed by atoms with Crippen LogP contribution in [0.25, 0.3) is 0 Å². The van der Waals surface area contributed by atoms with E-state index in [9.17, 15) is 0 Å². The number of hydrogen-bond donors (Lipinski definition) is 1. The van der Waals surface area contributed by atoms with Crippen LogP contribution in [0.15, 0.2) is 12.1 Å². The van der Waals surface area contributed by atoms with Gasteiger partial charge in [-0.1, -0.05) is 20.3 Å². The summed E-state index contributed by atoms with van der Waals surface area (Å²) in [4.78, 5) is 4.45. The Bertz CT molecular complexity index is 401. The molecule has 0 amide bonds. The molecule has 0 saturated carbocycles. The summed E-state index contributed by atoms with van der Waals surface area (Å²) in [7, 11) is 0. The Labute approximate surface area is 121 Å². The van der Waals surface area contributed by atoms with Gasteiger partial charge >= 0.3 is 0 Å². The van der Waals surface area contributed by atoms with Gasteiger partial charge in [-0.05, 0) is 18.9 Å². The van der Waals surface area contributed by atoms with Crippen molar-refractivity contribution >= 4 is 12.4 Å². The molecule has 0 aromatic carbocycles. The third-order valence-electron chi connectivity index (χ3n) is 3.50. The van der Waals surface area contributed by atoms with E-state index >= 15 is 0 Å². The van der Waals surface area contributed by atoms with E-state index in [1.807, 2.05) is 12.1 Å². The maximum atomic E-state index is 5.86. The van der Waals surface area contributed by atoms with Crippen LogP contribution in [0.5, 0.6) is 11.8 Å². The smallest absolute Gasteiger partial charge is 0.221 e. The molecule has 2 rings (SSSR count). The molecule has 0 fully saturated rings. The van der Waals surface area contributed by atoms with E-state index < -0.39 is 0 Å². The molecule has 0 radical (unpaired) electrons. The highest BCUT2D eigenvalue weighted by Gasteiger charge is 2.15. The summed E-state index contributed by atoms with van der Waals surface area (Å²) < 4.78 is 11.5. The molecule has 0 bridgehead atoms. The Morgan fingerprint density at radius 3 is 2.95 bits per heavy atom. The lowest BCUT2D eigenvalue weighted by Crippen LogP contribution is -2.21. The molecule has 1 aromatic heterocycles. The van der Waals surface area contributed by atoms with Crippen LogP contribution in [-0.4, -0.2) is 24.2 Å². The Kier molecular flexibility index (Phi) is 6.38. The van der Waals surface area contributed by atoms with Crippen LogP contribution >= 0.6 is 12.4 Å². The summed E-state index contributed by atoms with van der Waals surface area (Å²) in [5, 5.41) is 3.29. The van der Waals surface area contributed by atoms with Gasteiger partial charge in [-0.25, -0.2) is 0 Å². The number of pyridine rings is 1. The predicted octanol–water partition coefficient (Wildman–Crippen LogP) is 2.80. The third-order valence-corrected chi connectivity index (χ3v) is 3.50. The number of nitrogens with zero attached hydrogens (tertiary/aromatic N) is 1. The second kappa shape index (κ2) is 7.56. The van der Waals surface area contributed by atoms with Crippen LogP contribution in [-0.2, 0) is 6.54 Å². The van der Waals surface area contributed by atoms with Gasteiger partial charge < -0.3 is 14.8 Å². The zero-order valence-corrected chi connectivity index (χ0v) is 12.6. The van der Waals surface area contributed by atoms with Crippen molar-refractivity contribution in [2.45, 2.75) is 39.8 Å². The van der Waals surface area contributed by atoms with E-state index in [0.717, 1.165) is 25.1 Å². The summed E-state index contributed by atoms with van der Waals surface area (Å²) in [6.45, 7) is 8.77. The quantitative estimate of drug-likeness (QED) is 0.924. The van der Waals surface area contributed by atoms with Crippen molar-refractivity contribution in [1.82, 2.24) is 10.3 Å². The molecular weight excluding hydrogens is 264 g/mol. The molecule has 5 heteroatoms. The van der Waals surface area contributed by atoms with Crippen molar-refractivity contribution in [3.8, 4) is 11.8 Å². The van der Waals surface area contributed by atoms with E-state index in [0.29, 0.717) is 24.3 Å². The summed E-state index contributed by atoms with van der Waals surface area (Å²) in [6.07, 6.45) is 1.27. The SMILES string of the molecule is CCC(C)C(C)Oc1ccc2c(n1)OCCNC2.Cl. The van der Waals surface area contributed by atoms with E-state index in [1.54, 1.807) is 0 Å². The number of fused-ring (bicyclic) bond motifs is 1. The van der Waals surface area contributed by atoms with Crippen LogP contribution < -0.4 is 14.8 Å². The minimum absolute atomic E-state index is 0. The van der Waals surface area contributed by atoms with Gasteiger partial charge in [0, 0.05) is 24.7 Å². The van der Waals surface area contributed by atoms with Crippen molar-refractivity contribution in [1.29, 1.82) is 0 Å². The van der Waals surface area contributed by atoms with Crippen molar-refractivity contribution in [3.63, 3.8) is 0 Å². The fraction of sp³-hybridized carbons (Fsp3) is 0.643. The Morgan fingerprint density at radius 2 is 2.21 bits per heavy atom. The van der Waals surface area contributed by atoms with Crippen LogP contribution in [0.2, 0.25) is 0 Å². The second-order valence-corrected chi connectivity index (χ2v) is 4.85. The van der Waals surface area contributed by atoms with Crippen LogP contribution in [0.1, 0.15) is 32.8 Å². The average molecular weight is 287 g/mol. The van der Waals surface area contributed by atoms with E-state index in [1.165, 1.54) is 0 Å². The van der Waals surface area contributed by atoms with Crippen LogP contribution in [0.4, 0.5) is 0 Å². The van der Waals surface area contributed by atoms with Gasteiger partial charge in [0.05, 0.1) is 0 Å². The molecule has 1 N–H and O–H groups in total. The fourth-order valence-electron chi connectivity index (χ4n) is 1.86. The molecule has 2 unspecified atom stereocenters. The molecule has 1 aromatic rings. The van der Waals surface area contributed by atoms with Gasteiger partial charge in [0.2, 0.25) is 11.8 Å². The lowest BCUT2D eigenvalue weighted by atomic mass is 10.0. The molecule has 2 atom stereocenters. The summed E-state index contributed by atoms with van der Waals surface area (Å²) in [5.41, 5.74) is 1.09. The second-order valence-electron chi connectivity index (χ2n) is 4.85. The number of ether oxygens (including phenoxy) is 2. The van der Waals surface area contributed by atoms with E-state index in [-0.39, 0.29) is 18.5 Å². The van der Waals surface area contributed by atoms with E-state index in [4.69, 9.17) is 9.47 Å². The highest BCUT2D eigenvalue weighted by molar-refractivity contribution is 5.85. The lowest BCUT2D eigenvalue weighted by molar-refractivity contribution is 0.150. The fourth-order valence-corrected chi connectivity index (χ4v) is 1.86. The standard InChI is InChI=1S/C14H22N2O2.ClH/c1-4-10(2)11(3)18-13-6-5-12-9-15-7-8-17-14(12)16-13;/h5-6,10-11,15H,4,7-9H2,1-3H3;1H. The van der Waals surface area contributed by atoms with Crippen molar-refractivity contribution < 1.29 is 9.47 Å². The predicted molar refractivity (Wildman–Crippen MR) is 78.2 cm³/mol. The first-order chi connectivity index (χ1) is 8.70. The van der Waals surface area contributed by atoms with Crippen molar-refractivity contribution in [3.05, 3.63) is 17.7 Å². The maximum Gasteiger partial charge on any atom is 0.221 e. The molecule has 4 nitrogen and oxygen atoms in total. The molecule has 19 heavy (non-hydrogen) atoms. The first kappa shape index (κ1) is 16.1. The first-order valence-corrected chi connectivity index (χ1v) is 6.70. The summed E-state index contributed by atoms with van der Waals surface area (Å²) in [6, 6.07) is 3.95. The highest BCUT2D eigenvalue weighted by atomic mass is 35.5. The van der Waals surface area contributed by atoms with Gasteiger partial charge in [0.15, 0.2) is 0 Å². The topological polar surface area (TPSA) is 43.4 Å². The monoisotopic (exact) mass is 286 g/mol. The van der Waals surface area contributed by atoms with Gasteiger partial charge in [0.25, 0.3) is 0 Å². The lowest BCUT2D eigenvalue weighted by Gasteiger charge is -2.20. The van der Waals surface area contributed by atoms with Gasteiger partial charge in [-0.15, -0.1) is 12.4 Å². The minimum atomic E-state index is 0. The molecule has 0 spiro atoms. The van der Waals surface area contributed by atoms with Crippen molar-refractivity contribution in [2.75, 3.05) is 13.2 Å². The minimum Gasteiger partial charge on any atom is -0.476 e. The van der Waals surface area contributed by atoms with Crippen molar-refractivity contribution in [2.24, 2.45) is 5.92 Å². The van der Waals surface area contributed by atoms with Crippen LogP contribution in [0, 0.1) is 5.92 Å². The number of rotatable bonds is 4. The van der Waals surface area contributed by atoms with Gasteiger partial charge in [0.1, 0.15) is 12.7 Å². The summed E-state index contributed by atoms with van der Waals surface area (Å²) in [5.74, 6) is 1.88.